The van der Waals surface area contributed by atoms with Gasteiger partial charge in [0.1, 0.15) is 11.2 Å². The average Bonchev–Trinajstić information content (AvgIpc) is 3.77. The Morgan fingerprint density at radius 1 is 0.339 bits per heavy atom. The van der Waals surface area contributed by atoms with Gasteiger partial charge in [-0.3, -0.25) is 0 Å². The highest BCUT2D eigenvalue weighted by Crippen LogP contribution is 2.61. The van der Waals surface area contributed by atoms with Crippen molar-refractivity contribution in [3.8, 4) is 67.3 Å². The van der Waals surface area contributed by atoms with Crippen LogP contribution in [0.4, 0.5) is 0 Å². The van der Waals surface area contributed by atoms with Gasteiger partial charge in [0.15, 0.2) is 5.82 Å². The number of benzene rings is 8. The zero-order valence-electron chi connectivity index (χ0n) is 30.3. The molecule has 2 aromatic heterocycles. The maximum Gasteiger partial charge on any atom is 0.160 e. The van der Waals surface area contributed by atoms with Crippen molar-refractivity contribution in [3.63, 3.8) is 0 Å². The van der Waals surface area contributed by atoms with E-state index < -0.39 is 5.41 Å². The lowest BCUT2D eigenvalue weighted by Crippen LogP contribution is -2.29. The highest BCUT2D eigenvalue weighted by atomic mass is 16.3. The van der Waals surface area contributed by atoms with Gasteiger partial charge in [-0.25, -0.2) is 9.97 Å². The third kappa shape index (κ3) is 4.28. The van der Waals surface area contributed by atoms with E-state index in [-0.39, 0.29) is 0 Å². The van der Waals surface area contributed by atoms with Crippen molar-refractivity contribution in [1.29, 1.82) is 0 Å². The van der Waals surface area contributed by atoms with Crippen LogP contribution in [0.3, 0.4) is 0 Å². The summed E-state index contributed by atoms with van der Waals surface area (Å²) in [7, 11) is 0. The number of fused-ring (bicyclic) bond motifs is 15. The molecule has 56 heavy (non-hydrogen) atoms. The fraction of sp³-hybridized carbons (Fsp3) is 0.0189. The Kier molecular flexibility index (Phi) is 6.55. The summed E-state index contributed by atoms with van der Waals surface area (Å²) in [5, 5.41) is 2.13. The van der Waals surface area contributed by atoms with E-state index in [1.54, 1.807) is 0 Å². The second-order valence-corrected chi connectivity index (χ2v) is 14.8. The van der Waals surface area contributed by atoms with E-state index in [2.05, 4.69) is 170 Å². The molecule has 0 aliphatic heterocycles. The van der Waals surface area contributed by atoms with E-state index in [4.69, 9.17) is 14.4 Å². The first-order valence-corrected chi connectivity index (χ1v) is 19.2. The molecule has 0 radical (unpaired) electrons. The van der Waals surface area contributed by atoms with Gasteiger partial charge in [-0.2, -0.15) is 0 Å². The highest BCUT2D eigenvalue weighted by molar-refractivity contribution is 6.12. The van der Waals surface area contributed by atoms with Gasteiger partial charge in [-0.1, -0.05) is 170 Å². The summed E-state index contributed by atoms with van der Waals surface area (Å²) in [6.07, 6.45) is 0. The van der Waals surface area contributed by atoms with Crippen molar-refractivity contribution < 1.29 is 4.42 Å². The molecule has 12 rings (SSSR count). The Morgan fingerprint density at radius 3 is 1.55 bits per heavy atom. The quantitative estimate of drug-likeness (QED) is 0.183. The Labute approximate surface area is 324 Å². The summed E-state index contributed by atoms with van der Waals surface area (Å²) < 4.78 is 6.34. The zero-order valence-corrected chi connectivity index (χ0v) is 30.3. The molecule has 10 aromatic rings. The van der Waals surface area contributed by atoms with Crippen LogP contribution >= 0.6 is 0 Å². The summed E-state index contributed by atoms with van der Waals surface area (Å²) in [5.41, 5.74) is 18.4. The minimum Gasteiger partial charge on any atom is -0.456 e. The molecule has 3 heteroatoms. The second-order valence-electron chi connectivity index (χ2n) is 14.8. The second kappa shape index (κ2) is 11.8. The molecule has 8 aromatic carbocycles. The summed E-state index contributed by atoms with van der Waals surface area (Å²) in [4.78, 5) is 10.8. The van der Waals surface area contributed by atoms with E-state index in [1.165, 1.54) is 55.6 Å². The van der Waals surface area contributed by atoms with Crippen LogP contribution in [0.1, 0.15) is 22.3 Å². The number of nitrogens with zero attached hydrogens (tertiary/aromatic N) is 2. The lowest BCUT2D eigenvalue weighted by Gasteiger charge is -2.35. The molecule has 0 amide bonds. The lowest BCUT2D eigenvalue weighted by molar-refractivity contribution is 0.669. The van der Waals surface area contributed by atoms with Gasteiger partial charge in [-0.15, -0.1) is 0 Å². The van der Waals surface area contributed by atoms with Crippen LogP contribution in [0.2, 0.25) is 0 Å². The molecule has 0 unspecified atom stereocenters. The molecule has 0 bridgehead atoms. The molecule has 0 N–H and O–H groups in total. The molecule has 2 aliphatic rings. The van der Waals surface area contributed by atoms with Crippen molar-refractivity contribution >= 4 is 21.9 Å². The summed E-state index contributed by atoms with van der Waals surface area (Å²) in [6.45, 7) is 0. The van der Waals surface area contributed by atoms with Crippen LogP contribution in [-0.4, -0.2) is 9.97 Å². The van der Waals surface area contributed by atoms with Crippen molar-refractivity contribution in [2.45, 2.75) is 5.41 Å². The summed E-state index contributed by atoms with van der Waals surface area (Å²) in [6, 6.07) is 69.7. The van der Waals surface area contributed by atoms with Crippen molar-refractivity contribution in [1.82, 2.24) is 9.97 Å². The first-order chi connectivity index (χ1) is 27.8. The number of hydrogen-bond acceptors (Lipinski definition) is 3. The molecule has 3 nitrogen and oxygen atoms in total. The fourth-order valence-electron chi connectivity index (χ4n) is 9.65. The molecule has 0 atom stereocenters. The molecular weight excluding hydrogens is 681 g/mol. The van der Waals surface area contributed by atoms with E-state index in [0.29, 0.717) is 5.82 Å². The van der Waals surface area contributed by atoms with E-state index in [0.717, 1.165) is 50.0 Å². The molecular formula is C53H32N2O. The van der Waals surface area contributed by atoms with Crippen molar-refractivity contribution in [2.75, 3.05) is 0 Å². The molecule has 0 saturated heterocycles. The Hall–Kier alpha value is -7.36. The molecule has 260 valence electrons. The Balaban J connectivity index is 1.16. The molecule has 1 spiro atoms. The lowest BCUT2D eigenvalue weighted by atomic mass is 9.66. The Morgan fingerprint density at radius 2 is 0.857 bits per heavy atom. The smallest absolute Gasteiger partial charge is 0.160 e. The van der Waals surface area contributed by atoms with Gasteiger partial charge in [0.25, 0.3) is 0 Å². The van der Waals surface area contributed by atoms with Gasteiger partial charge in [0, 0.05) is 27.5 Å². The van der Waals surface area contributed by atoms with Crippen LogP contribution in [0.25, 0.3) is 89.2 Å². The van der Waals surface area contributed by atoms with Crippen LogP contribution in [-0.2, 0) is 5.41 Å². The topological polar surface area (TPSA) is 38.9 Å². The molecule has 0 saturated carbocycles. The third-order valence-electron chi connectivity index (χ3n) is 11.9. The molecule has 2 aliphatic carbocycles. The SMILES string of the molecule is c1ccc(-c2cc(-c3cccc4oc5ccccc5c34)nc(-c3ccc4c(c3)C3(c5ccccc5-c5ccccc5-c5ccccc53)c3ccccc3-4)n2)cc1. The van der Waals surface area contributed by atoms with E-state index in [1.807, 2.05) is 24.3 Å². The monoisotopic (exact) mass is 712 g/mol. The van der Waals surface area contributed by atoms with Gasteiger partial charge >= 0.3 is 0 Å². The fourth-order valence-corrected chi connectivity index (χ4v) is 9.65. The van der Waals surface area contributed by atoms with Gasteiger partial charge < -0.3 is 4.42 Å². The van der Waals surface area contributed by atoms with Crippen molar-refractivity contribution in [3.05, 3.63) is 216 Å². The summed E-state index contributed by atoms with van der Waals surface area (Å²) >= 11 is 0. The zero-order chi connectivity index (χ0) is 36.8. The highest BCUT2D eigenvalue weighted by Gasteiger charge is 2.49. The van der Waals surface area contributed by atoms with E-state index in [9.17, 15) is 0 Å². The van der Waals surface area contributed by atoms with Crippen LogP contribution in [0, 0.1) is 0 Å². The predicted octanol–water partition coefficient (Wildman–Crippen LogP) is 13.4. The van der Waals surface area contributed by atoms with Gasteiger partial charge in [0.05, 0.1) is 16.8 Å². The molecule has 0 fully saturated rings. The third-order valence-corrected chi connectivity index (χ3v) is 11.9. The largest absolute Gasteiger partial charge is 0.456 e. The number of furan rings is 1. The Bertz CT molecular complexity index is 3140. The summed E-state index contributed by atoms with van der Waals surface area (Å²) in [5.74, 6) is 0.679. The first-order valence-electron chi connectivity index (χ1n) is 19.2. The molecule has 2 heterocycles. The van der Waals surface area contributed by atoms with Gasteiger partial charge in [-0.05, 0) is 79.9 Å². The first kappa shape index (κ1) is 31.0. The van der Waals surface area contributed by atoms with Crippen LogP contribution < -0.4 is 0 Å². The van der Waals surface area contributed by atoms with Crippen LogP contribution in [0.15, 0.2) is 199 Å². The number of para-hydroxylation sites is 1. The van der Waals surface area contributed by atoms with Crippen molar-refractivity contribution in [2.24, 2.45) is 0 Å². The van der Waals surface area contributed by atoms with Crippen LogP contribution in [0.5, 0.6) is 0 Å². The van der Waals surface area contributed by atoms with Gasteiger partial charge in [0.2, 0.25) is 0 Å². The minimum absolute atomic E-state index is 0.588. The normalized spacial score (nSPS) is 13.1. The maximum absolute atomic E-state index is 6.34. The average molecular weight is 713 g/mol. The standard InChI is InChI=1S/C53H32N2O/c1-2-15-33(16-3-1)47-32-48(41-23-14-28-50-51(41)42-22-9-13-27-49(42)56-50)55-52(54-47)34-29-30-40-39-21-8-12-26-45(39)53(46(40)31-34)43-24-10-6-19-37(43)35-17-4-5-18-36(35)38-20-7-11-25-44(38)53/h1-32H. The number of hydrogen-bond donors (Lipinski definition) is 0. The predicted molar refractivity (Wildman–Crippen MR) is 227 cm³/mol. The number of aromatic nitrogens is 2. The van der Waals surface area contributed by atoms with E-state index >= 15 is 0 Å². The maximum atomic E-state index is 6.34. The number of rotatable bonds is 3. The minimum atomic E-state index is -0.588.